The van der Waals surface area contributed by atoms with E-state index in [9.17, 15) is 4.79 Å². The Bertz CT molecular complexity index is 681. The highest BCUT2D eigenvalue weighted by molar-refractivity contribution is 9.10. The molecule has 0 spiro atoms. The van der Waals surface area contributed by atoms with Gasteiger partial charge in [0.2, 0.25) is 5.95 Å². The lowest BCUT2D eigenvalue weighted by Crippen LogP contribution is -2.25. The molecule has 22 heavy (non-hydrogen) atoms. The van der Waals surface area contributed by atoms with Gasteiger partial charge in [-0.2, -0.15) is 0 Å². The van der Waals surface area contributed by atoms with Gasteiger partial charge in [-0.25, -0.2) is 4.98 Å². The van der Waals surface area contributed by atoms with E-state index >= 15 is 0 Å². The Morgan fingerprint density at radius 2 is 1.91 bits per heavy atom. The number of rotatable bonds is 4. The van der Waals surface area contributed by atoms with Gasteiger partial charge in [0, 0.05) is 15.4 Å². The van der Waals surface area contributed by atoms with Crippen molar-refractivity contribution in [2.45, 2.75) is 47.9 Å². The van der Waals surface area contributed by atoms with Gasteiger partial charge in [-0.1, -0.05) is 47.0 Å². The molecule has 0 radical (unpaired) electrons. The zero-order valence-electron chi connectivity index (χ0n) is 12.1. The van der Waals surface area contributed by atoms with Crippen LogP contribution in [0.3, 0.4) is 0 Å². The van der Waals surface area contributed by atoms with Gasteiger partial charge in [0.05, 0.1) is 11.1 Å². The van der Waals surface area contributed by atoms with Gasteiger partial charge < -0.3 is 5.32 Å². The fourth-order valence-corrected chi connectivity index (χ4v) is 3.64. The Hall–Kier alpha value is -1.27. The molecule has 0 saturated heterocycles. The zero-order chi connectivity index (χ0) is 15.4. The van der Waals surface area contributed by atoms with Crippen molar-refractivity contribution in [2.24, 2.45) is 0 Å². The van der Waals surface area contributed by atoms with Crippen molar-refractivity contribution >= 4 is 33.6 Å². The molecule has 116 valence electrons. The monoisotopic (exact) mass is 379 g/mol. The van der Waals surface area contributed by atoms with Gasteiger partial charge in [-0.15, -0.1) is 0 Å². The van der Waals surface area contributed by atoms with Gasteiger partial charge in [0.25, 0.3) is 5.56 Å². The van der Waals surface area contributed by atoms with E-state index in [1.807, 2.05) is 24.3 Å². The molecule has 1 heterocycles. The topological polar surface area (TPSA) is 57.8 Å². The second kappa shape index (κ2) is 7.33. The first kappa shape index (κ1) is 15.6. The van der Waals surface area contributed by atoms with Crippen LogP contribution in [0.4, 0.5) is 5.95 Å². The van der Waals surface area contributed by atoms with E-state index in [1.165, 1.54) is 31.0 Å². The Kier molecular flexibility index (Phi) is 5.20. The summed E-state index contributed by atoms with van der Waals surface area (Å²) in [5.74, 6) is 0.581. The smallest absolute Gasteiger partial charge is 0.266 e. The lowest BCUT2D eigenvalue weighted by atomic mass is 9.96. The molecule has 0 bridgehead atoms. The Morgan fingerprint density at radius 1 is 1.18 bits per heavy atom. The third-order valence-electron chi connectivity index (χ3n) is 3.75. The summed E-state index contributed by atoms with van der Waals surface area (Å²) in [6.45, 7) is 0. The van der Waals surface area contributed by atoms with Gasteiger partial charge in [0.1, 0.15) is 0 Å². The SMILES string of the molecule is O=c1[nH]c(NC2CCCCC2)ncc1Sc1ccc(Br)cc1. The molecule has 1 aromatic heterocycles. The van der Waals surface area contributed by atoms with Crippen molar-refractivity contribution in [3.63, 3.8) is 0 Å². The second-order valence-corrected chi connectivity index (χ2v) is 7.49. The first-order valence-electron chi connectivity index (χ1n) is 7.50. The van der Waals surface area contributed by atoms with Crippen LogP contribution in [0.5, 0.6) is 0 Å². The summed E-state index contributed by atoms with van der Waals surface area (Å²) in [5, 5.41) is 3.34. The third kappa shape index (κ3) is 4.14. The van der Waals surface area contributed by atoms with Crippen molar-refractivity contribution < 1.29 is 0 Å². The van der Waals surface area contributed by atoms with Crippen molar-refractivity contribution in [1.82, 2.24) is 9.97 Å². The molecule has 0 amide bonds. The van der Waals surface area contributed by atoms with E-state index in [-0.39, 0.29) is 5.56 Å². The van der Waals surface area contributed by atoms with E-state index in [1.54, 1.807) is 6.20 Å². The molecule has 6 heteroatoms. The number of hydrogen-bond acceptors (Lipinski definition) is 4. The number of halogens is 1. The van der Waals surface area contributed by atoms with Crippen molar-refractivity contribution in [1.29, 1.82) is 0 Å². The van der Waals surface area contributed by atoms with E-state index < -0.39 is 0 Å². The largest absolute Gasteiger partial charge is 0.353 e. The summed E-state index contributed by atoms with van der Waals surface area (Å²) in [4.78, 5) is 21.0. The zero-order valence-corrected chi connectivity index (χ0v) is 14.5. The highest BCUT2D eigenvalue weighted by atomic mass is 79.9. The molecule has 1 aliphatic rings. The fraction of sp³-hybridized carbons (Fsp3) is 0.375. The van der Waals surface area contributed by atoms with E-state index in [0.29, 0.717) is 16.9 Å². The molecule has 0 aliphatic heterocycles. The minimum atomic E-state index is -0.0961. The normalized spacial score (nSPS) is 15.7. The number of aromatic nitrogens is 2. The molecule has 1 aromatic carbocycles. The predicted molar refractivity (Wildman–Crippen MR) is 93.6 cm³/mol. The summed E-state index contributed by atoms with van der Waals surface area (Å²) in [6, 6.07) is 8.30. The lowest BCUT2D eigenvalue weighted by molar-refractivity contribution is 0.460. The predicted octanol–water partition coefficient (Wildman–Crippen LogP) is 4.43. The van der Waals surface area contributed by atoms with Gasteiger partial charge in [-0.05, 0) is 37.1 Å². The lowest BCUT2D eigenvalue weighted by Gasteiger charge is -2.22. The molecule has 4 nitrogen and oxygen atoms in total. The minimum Gasteiger partial charge on any atom is -0.353 e. The van der Waals surface area contributed by atoms with Gasteiger partial charge in [0.15, 0.2) is 0 Å². The van der Waals surface area contributed by atoms with Crippen LogP contribution < -0.4 is 10.9 Å². The molecule has 1 saturated carbocycles. The van der Waals surface area contributed by atoms with Crippen LogP contribution in [0.25, 0.3) is 0 Å². The average Bonchev–Trinajstić information content (AvgIpc) is 2.53. The Labute approximate surface area is 142 Å². The third-order valence-corrected chi connectivity index (χ3v) is 5.30. The molecule has 1 aliphatic carbocycles. The molecule has 2 aromatic rings. The average molecular weight is 380 g/mol. The molecular weight excluding hydrogens is 362 g/mol. The summed E-state index contributed by atoms with van der Waals surface area (Å²) in [6.07, 6.45) is 7.76. The molecule has 3 rings (SSSR count). The number of hydrogen-bond donors (Lipinski definition) is 2. The number of nitrogens with zero attached hydrogens (tertiary/aromatic N) is 1. The second-order valence-electron chi connectivity index (χ2n) is 5.46. The molecular formula is C16H18BrN3OS. The Morgan fingerprint density at radius 3 is 2.59 bits per heavy atom. The summed E-state index contributed by atoms with van der Waals surface area (Å²) < 4.78 is 1.02. The number of nitrogens with one attached hydrogen (secondary N) is 2. The maximum Gasteiger partial charge on any atom is 0.266 e. The first-order valence-corrected chi connectivity index (χ1v) is 9.11. The van der Waals surface area contributed by atoms with Crippen molar-refractivity contribution in [2.75, 3.05) is 5.32 Å². The van der Waals surface area contributed by atoms with Crippen LogP contribution in [0.1, 0.15) is 32.1 Å². The fourth-order valence-electron chi connectivity index (χ4n) is 2.60. The maximum atomic E-state index is 12.2. The van der Waals surface area contributed by atoms with Crippen LogP contribution >= 0.6 is 27.7 Å². The van der Waals surface area contributed by atoms with Crippen molar-refractivity contribution in [3.8, 4) is 0 Å². The summed E-state index contributed by atoms with van der Waals surface area (Å²) in [7, 11) is 0. The van der Waals surface area contributed by atoms with Crippen LogP contribution in [-0.2, 0) is 0 Å². The van der Waals surface area contributed by atoms with Crippen LogP contribution in [0.2, 0.25) is 0 Å². The summed E-state index contributed by atoms with van der Waals surface area (Å²) >= 11 is 4.83. The van der Waals surface area contributed by atoms with Gasteiger partial charge >= 0.3 is 0 Å². The number of aromatic amines is 1. The van der Waals surface area contributed by atoms with Crippen LogP contribution in [0, 0.1) is 0 Å². The van der Waals surface area contributed by atoms with Crippen LogP contribution in [0.15, 0.2) is 49.5 Å². The Balaban J connectivity index is 1.69. The molecule has 1 fully saturated rings. The van der Waals surface area contributed by atoms with E-state index in [2.05, 4.69) is 31.2 Å². The molecule has 2 N–H and O–H groups in total. The van der Waals surface area contributed by atoms with Crippen molar-refractivity contribution in [3.05, 3.63) is 45.3 Å². The van der Waals surface area contributed by atoms with E-state index in [0.717, 1.165) is 22.2 Å². The van der Waals surface area contributed by atoms with Gasteiger partial charge in [-0.3, -0.25) is 9.78 Å². The number of benzene rings is 1. The summed E-state index contributed by atoms with van der Waals surface area (Å²) in [5.41, 5.74) is -0.0961. The number of H-pyrrole nitrogens is 1. The highest BCUT2D eigenvalue weighted by Gasteiger charge is 2.14. The standard InChI is InChI=1S/C16H18BrN3OS/c17-11-6-8-13(9-7-11)22-14-10-18-16(20-15(14)21)19-12-4-2-1-3-5-12/h6-10,12H,1-5H2,(H2,18,19,20,21). The van der Waals surface area contributed by atoms with Crippen LogP contribution in [-0.4, -0.2) is 16.0 Å². The van der Waals surface area contributed by atoms with E-state index in [4.69, 9.17) is 0 Å². The minimum absolute atomic E-state index is 0.0961. The quantitative estimate of drug-likeness (QED) is 0.824. The molecule has 0 unspecified atom stereocenters. The molecule has 0 atom stereocenters. The highest BCUT2D eigenvalue weighted by Crippen LogP contribution is 2.26. The maximum absolute atomic E-state index is 12.2. The number of anilines is 1. The first-order chi connectivity index (χ1) is 10.7.